The molecule has 7 heteroatoms. The third-order valence-electron chi connectivity index (χ3n) is 3.27. The topological polar surface area (TPSA) is 91.8 Å². The van der Waals surface area contributed by atoms with Crippen molar-refractivity contribution in [2.45, 2.75) is 30.6 Å². The van der Waals surface area contributed by atoms with Crippen LogP contribution < -0.4 is 5.32 Å². The molecule has 0 amide bonds. The summed E-state index contributed by atoms with van der Waals surface area (Å²) in [6, 6.07) is 3.33. The highest BCUT2D eigenvalue weighted by molar-refractivity contribution is 7.99. The summed E-state index contributed by atoms with van der Waals surface area (Å²) in [6.07, 6.45) is 6.63. The lowest BCUT2D eigenvalue weighted by molar-refractivity contribution is -0.384. The zero-order chi connectivity index (χ0) is 13.8. The fourth-order valence-corrected chi connectivity index (χ4v) is 3.25. The van der Waals surface area contributed by atoms with Crippen molar-refractivity contribution in [1.29, 1.82) is 5.26 Å². The van der Waals surface area contributed by atoms with Crippen LogP contribution in [0.3, 0.4) is 0 Å². The van der Waals surface area contributed by atoms with Gasteiger partial charge in [0.05, 0.1) is 10.5 Å². The molecule has 0 aromatic carbocycles. The van der Waals surface area contributed by atoms with E-state index in [0.29, 0.717) is 5.25 Å². The van der Waals surface area contributed by atoms with Crippen LogP contribution in [-0.4, -0.2) is 27.5 Å². The first kappa shape index (κ1) is 13.6. The van der Waals surface area contributed by atoms with Gasteiger partial charge in [0.15, 0.2) is 0 Å². The molecular formula is C12H14N4O2S. The van der Waals surface area contributed by atoms with Gasteiger partial charge in [0.25, 0.3) is 0 Å². The van der Waals surface area contributed by atoms with E-state index < -0.39 is 4.92 Å². The zero-order valence-electron chi connectivity index (χ0n) is 10.5. The molecule has 6 nitrogen and oxygen atoms in total. The van der Waals surface area contributed by atoms with Crippen molar-refractivity contribution >= 4 is 23.3 Å². The van der Waals surface area contributed by atoms with Crippen LogP contribution in [0.2, 0.25) is 0 Å². The van der Waals surface area contributed by atoms with Crippen LogP contribution >= 0.6 is 11.8 Å². The summed E-state index contributed by atoms with van der Waals surface area (Å²) in [5, 5.41) is 23.4. The molecule has 1 saturated carbocycles. The van der Waals surface area contributed by atoms with E-state index in [2.05, 4.69) is 10.3 Å². The third kappa shape index (κ3) is 2.96. The molecule has 100 valence electrons. The maximum Gasteiger partial charge on any atom is 0.312 e. The highest BCUT2D eigenvalue weighted by Crippen LogP contribution is 2.32. The lowest BCUT2D eigenvalue weighted by Gasteiger charge is -2.19. The lowest BCUT2D eigenvalue weighted by atomic mass is 10.2. The molecule has 2 rings (SSSR count). The Morgan fingerprint density at radius 3 is 3.05 bits per heavy atom. The van der Waals surface area contributed by atoms with Gasteiger partial charge in [0.2, 0.25) is 5.82 Å². The molecular weight excluding hydrogens is 264 g/mol. The van der Waals surface area contributed by atoms with E-state index in [0.717, 1.165) is 19.3 Å². The van der Waals surface area contributed by atoms with Crippen molar-refractivity contribution in [2.75, 3.05) is 11.6 Å². The molecule has 1 aliphatic rings. The first-order chi connectivity index (χ1) is 9.15. The van der Waals surface area contributed by atoms with Crippen molar-refractivity contribution in [3.05, 3.63) is 27.9 Å². The van der Waals surface area contributed by atoms with E-state index in [4.69, 9.17) is 5.26 Å². The Labute approximate surface area is 115 Å². The van der Waals surface area contributed by atoms with Gasteiger partial charge < -0.3 is 5.32 Å². The second-order valence-electron chi connectivity index (χ2n) is 4.42. The Kier molecular flexibility index (Phi) is 4.22. The first-order valence-electron chi connectivity index (χ1n) is 5.99. The van der Waals surface area contributed by atoms with Crippen molar-refractivity contribution in [3.63, 3.8) is 0 Å². The maximum atomic E-state index is 11.0. The summed E-state index contributed by atoms with van der Waals surface area (Å²) in [6.45, 7) is 0. The Balaban J connectivity index is 2.25. The number of rotatable bonds is 4. The van der Waals surface area contributed by atoms with Gasteiger partial charge in [0, 0.05) is 23.6 Å². The Morgan fingerprint density at radius 1 is 1.63 bits per heavy atom. The monoisotopic (exact) mass is 278 g/mol. The van der Waals surface area contributed by atoms with Crippen LogP contribution in [0.1, 0.15) is 24.8 Å². The van der Waals surface area contributed by atoms with E-state index in [-0.39, 0.29) is 23.1 Å². The number of nitrogens with zero attached hydrogens (tertiary/aromatic N) is 3. The molecule has 1 aliphatic carbocycles. The molecule has 19 heavy (non-hydrogen) atoms. The fraction of sp³-hybridized carbons (Fsp3) is 0.500. The minimum atomic E-state index is -0.501. The molecule has 0 bridgehead atoms. The molecule has 2 atom stereocenters. The second-order valence-corrected chi connectivity index (χ2v) is 5.49. The van der Waals surface area contributed by atoms with E-state index in [1.165, 1.54) is 12.3 Å². The summed E-state index contributed by atoms with van der Waals surface area (Å²) in [5.41, 5.74) is 0.0656. The normalized spacial score (nSPS) is 21.9. The second kappa shape index (κ2) is 5.89. The maximum absolute atomic E-state index is 11.0. The van der Waals surface area contributed by atoms with Crippen LogP contribution in [0.25, 0.3) is 0 Å². The van der Waals surface area contributed by atoms with E-state index in [1.807, 2.05) is 12.3 Å². The van der Waals surface area contributed by atoms with E-state index in [1.54, 1.807) is 11.8 Å². The van der Waals surface area contributed by atoms with Gasteiger partial charge in [-0.25, -0.2) is 4.98 Å². The van der Waals surface area contributed by atoms with Crippen LogP contribution in [0.4, 0.5) is 11.5 Å². The predicted octanol–water partition coefficient (Wildman–Crippen LogP) is 2.56. The van der Waals surface area contributed by atoms with Gasteiger partial charge in [-0.3, -0.25) is 10.1 Å². The number of nitro groups is 1. The van der Waals surface area contributed by atoms with Gasteiger partial charge in [-0.05, 0) is 19.1 Å². The molecule has 1 aromatic rings. The summed E-state index contributed by atoms with van der Waals surface area (Å²) < 4.78 is 0. The van der Waals surface area contributed by atoms with E-state index >= 15 is 0 Å². The van der Waals surface area contributed by atoms with Crippen molar-refractivity contribution in [2.24, 2.45) is 0 Å². The number of pyridine rings is 1. The summed E-state index contributed by atoms with van der Waals surface area (Å²) in [5.74, 6) is 0.259. The van der Waals surface area contributed by atoms with Crippen LogP contribution in [-0.2, 0) is 0 Å². The Bertz CT molecular complexity index is 529. The lowest BCUT2D eigenvalue weighted by Crippen LogP contribution is -2.26. The van der Waals surface area contributed by atoms with Crippen LogP contribution in [0, 0.1) is 21.4 Å². The summed E-state index contributed by atoms with van der Waals surface area (Å²) >= 11 is 1.77. The average Bonchev–Trinajstić information content (AvgIpc) is 2.86. The number of nitrogens with one attached hydrogen (secondary N) is 1. The van der Waals surface area contributed by atoms with Gasteiger partial charge in [0.1, 0.15) is 6.07 Å². The number of thioether (sulfide) groups is 1. The number of hydrogen-bond acceptors (Lipinski definition) is 6. The molecule has 0 aliphatic heterocycles. The van der Waals surface area contributed by atoms with Crippen molar-refractivity contribution in [1.82, 2.24) is 4.98 Å². The summed E-state index contributed by atoms with van der Waals surface area (Å²) in [7, 11) is 0. The van der Waals surface area contributed by atoms with Crippen molar-refractivity contribution in [3.8, 4) is 6.07 Å². The highest BCUT2D eigenvalue weighted by atomic mass is 32.2. The zero-order valence-corrected chi connectivity index (χ0v) is 11.3. The number of aromatic nitrogens is 1. The number of anilines is 1. The number of hydrogen-bond donors (Lipinski definition) is 1. The molecule has 1 heterocycles. The Morgan fingerprint density at radius 2 is 2.42 bits per heavy atom. The molecule has 0 saturated heterocycles. The molecule has 1 aromatic heterocycles. The standard InChI is InChI=1S/C12H14N4O2S/c1-19-11-4-2-3-9(11)15-12-10(16(17)18)5-8(6-13)7-14-12/h5,7,9,11H,2-4H2,1H3,(H,14,15). The Hall–Kier alpha value is -1.81. The minimum absolute atomic E-state index is 0.134. The molecule has 2 unspecified atom stereocenters. The first-order valence-corrected chi connectivity index (χ1v) is 7.28. The van der Waals surface area contributed by atoms with Gasteiger partial charge >= 0.3 is 5.69 Å². The average molecular weight is 278 g/mol. The largest absolute Gasteiger partial charge is 0.360 e. The van der Waals surface area contributed by atoms with Crippen LogP contribution in [0.15, 0.2) is 12.3 Å². The van der Waals surface area contributed by atoms with E-state index in [9.17, 15) is 10.1 Å². The predicted molar refractivity (Wildman–Crippen MR) is 74.2 cm³/mol. The smallest absolute Gasteiger partial charge is 0.312 e. The van der Waals surface area contributed by atoms with Crippen molar-refractivity contribution < 1.29 is 4.92 Å². The molecule has 1 fully saturated rings. The molecule has 0 radical (unpaired) electrons. The number of nitriles is 1. The highest BCUT2D eigenvalue weighted by Gasteiger charge is 2.29. The van der Waals surface area contributed by atoms with Gasteiger partial charge in [-0.15, -0.1) is 0 Å². The quantitative estimate of drug-likeness (QED) is 0.672. The molecule has 0 spiro atoms. The SMILES string of the molecule is CSC1CCCC1Nc1ncc(C#N)cc1[N+](=O)[O-]. The van der Waals surface area contributed by atoms with Crippen LogP contribution in [0.5, 0.6) is 0 Å². The summed E-state index contributed by atoms with van der Waals surface area (Å²) in [4.78, 5) is 14.5. The molecule has 1 N–H and O–H groups in total. The van der Waals surface area contributed by atoms with Gasteiger partial charge in [-0.1, -0.05) is 6.42 Å². The fourth-order valence-electron chi connectivity index (χ4n) is 2.31. The minimum Gasteiger partial charge on any atom is -0.360 e. The van der Waals surface area contributed by atoms with Gasteiger partial charge in [-0.2, -0.15) is 17.0 Å². The third-order valence-corrected chi connectivity index (χ3v) is 4.44.